The van der Waals surface area contributed by atoms with Crippen LogP contribution in [0.2, 0.25) is 0 Å². The van der Waals surface area contributed by atoms with Gasteiger partial charge in [-0.1, -0.05) is 201 Å². The summed E-state index contributed by atoms with van der Waals surface area (Å²) < 4.78 is 16.6. The molecule has 6 heteroatoms. The molecule has 0 aromatic heterocycles. The SMILES string of the molecule is CCCCCCCCCCCCCCCCCCC(=O)OC[C@H](COC(=O)CCCCCCC)OC(=O)CCCCCCCCCCC(C)C. The fraction of sp³-hybridized carbons (Fsp3) is 0.932. The first kappa shape index (κ1) is 48.4. The van der Waals surface area contributed by atoms with Crippen LogP contribution >= 0.6 is 0 Å². The van der Waals surface area contributed by atoms with Crippen molar-refractivity contribution in [3.63, 3.8) is 0 Å². The highest BCUT2D eigenvalue weighted by Gasteiger charge is 2.19. The van der Waals surface area contributed by atoms with Crippen molar-refractivity contribution in [3.05, 3.63) is 0 Å². The minimum atomic E-state index is -0.757. The van der Waals surface area contributed by atoms with Crippen molar-refractivity contribution in [2.75, 3.05) is 13.2 Å². The van der Waals surface area contributed by atoms with Crippen LogP contribution in [0.5, 0.6) is 0 Å². The van der Waals surface area contributed by atoms with Gasteiger partial charge < -0.3 is 14.2 Å². The van der Waals surface area contributed by atoms with Gasteiger partial charge in [0.15, 0.2) is 6.10 Å². The second-order valence-electron chi connectivity index (χ2n) is 15.5. The van der Waals surface area contributed by atoms with E-state index in [4.69, 9.17) is 14.2 Å². The molecule has 0 aliphatic carbocycles. The van der Waals surface area contributed by atoms with Gasteiger partial charge in [-0.25, -0.2) is 0 Å². The molecule has 6 nitrogen and oxygen atoms in total. The Kier molecular flexibility index (Phi) is 37.4. The van der Waals surface area contributed by atoms with Gasteiger partial charge in [0.05, 0.1) is 0 Å². The Bertz CT molecular complexity index is 751. The number of hydrogen-bond donors (Lipinski definition) is 0. The van der Waals surface area contributed by atoms with Crippen molar-refractivity contribution in [1.82, 2.24) is 0 Å². The molecule has 0 radical (unpaired) electrons. The fourth-order valence-electron chi connectivity index (χ4n) is 6.45. The van der Waals surface area contributed by atoms with Gasteiger partial charge in [-0.15, -0.1) is 0 Å². The predicted molar refractivity (Wildman–Crippen MR) is 210 cm³/mol. The van der Waals surface area contributed by atoms with E-state index in [1.165, 1.54) is 128 Å². The minimum Gasteiger partial charge on any atom is -0.462 e. The van der Waals surface area contributed by atoms with E-state index in [1.807, 2.05) is 0 Å². The molecular formula is C44H84O6. The molecule has 0 saturated carbocycles. The zero-order valence-corrected chi connectivity index (χ0v) is 33.9. The van der Waals surface area contributed by atoms with Crippen molar-refractivity contribution in [2.24, 2.45) is 5.92 Å². The predicted octanol–water partition coefficient (Wildman–Crippen LogP) is 13.6. The smallest absolute Gasteiger partial charge is 0.306 e. The quantitative estimate of drug-likeness (QED) is 0.0359. The maximum Gasteiger partial charge on any atom is 0.306 e. The molecule has 0 aromatic carbocycles. The highest BCUT2D eigenvalue weighted by molar-refractivity contribution is 5.71. The molecule has 0 saturated heterocycles. The van der Waals surface area contributed by atoms with Crippen LogP contribution in [-0.4, -0.2) is 37.2 Å². The highest BCUT2D eigenvalue weighted by atomic mass is 16.6. The Morgan fingerprint density at radius 1 is 0.380 bits per heavy atom. The minimum absolute atomic E-state index is 0.0655. The molecule has 0 fully saturated rings. The van der Waals surface area contributed by atoms with Gasteiger partial charge in [-0.2, -0.15) is 0 Å². The maximum atomic E-state index is 12.6. The summed E-state index contributed by atoms with van der Waals surface area (Å²) in [5.74, 6) is -0.0791. The lowest BCUT2D eigenvalue weighted by molar-refractivity contribution is -0.167. The van der Waals surface area contributed by atoms with E-state index in [1.54, 1.807) is 0 Å². The number of esters is 3. The monoisotopic (exact) mass is 709 g/mol. The van der Waals surface area contributed by atoms with Crippen LogP contribution in [0, 0.1) is 5.92 Å². The van der Waals surface area contributed by atoms with Crippen LogP contribution in [0.15, 0.2) is 0 Å². The standard InChI is InChI=1S/C44H84O6/c1-5-7-9-11-12-13-14-15-16-17-18-19-20-24-28-32-36-43(46)49-39-41(38-48-42(45)35-31-26-10-8-6-2)50-44(47)37-33-29-25-22-21-23-27-30-34-40(3)4/h40-41H,5-39H2,1-4H3/t41-/m0/s1. The fourth-order valence-corrected chi connectivity index (χ4v) is 6.45. The summed E-state index contributed by atoms with van der Waals surface area (Å²) in [6.45, 7) is 8.88. The molecule has 50 heavy (non-hydrogen) atoms. The number of unbranched alkanes of at least 4 members (excludes halogenated alkanes) is 26. The number of ether oxygens (including phenoxy) is 3. The first-order valence-electron chi connectivity index (χ1n) is 21.9. The Balaban J connectivity index is 4.17. The molecule has 0 heterocycles. The molecule has 0 rings (SSSR count). The topological polar surface area (TPSA) is 78.9 Å². The molecule has 0 aliphatic heterocycles. The van der Waals surface area contributed by atoms with Gasteiger partial charge in [0.25, 0.3) is 0 Å². The van der Waals surface area contributed by atoms with Crippen LogP contribution < -0.4 is 0 Å². The summed E-state index contributed by atoms with van der Waals surface area (Å²) in [4.78, 5) is 37.4. The zero-order valence-electron chi connectivity index (χ0n) is 33.9. The van der Waals surface area contributed by atoms with Crippen LogP contribution in [0.25, 0.3) is 0 Å². The number of rotatable bonds is 39. The molecule has 296 valence electrons. The molecular weight excluding hydrogens is 624 g/mol. The van der Waals surface area contributed by atoms with E-state index in [2.05, 4.69) is 27.7 Å². The summed E-state index contributed by atoms with van der Waals surface area (Å²) in [6, 6.07) is 0. The van der Waals surface area contributed by atoms with Crippen LogP contribution in [0.3, 0.4) is 0 Å². The third-order valence-corrected chi connectivity index (χ3v) is 9.79. The van der Waals surface area contributed by atoms with Crippen molar-refractivity contribution in [3.8, 4) is 0 Å². The van der Waals surface area contributed by atoms with Gasteiger partial charge in [0.2, 0.25) is 0 Å². The van der Waals surface area contributed by atoms with E-state index in [0.29, 0.717) is 19.3 Å². The van der Waals surface area contributed by atoms with E-state index in [9.17, 15) is 14.4 Å². The highest BCUT2D eigenvalue weighted by Crippen LogP contribution is 2.16. The largest absolute Gasteiger partial charge is 0.462 e. The van der Waals surface area contributed by atoms with Crippen LogP contribution in [0.1, 0.15) is 240 Å². The summed E-state index contributed by atoms with van der Waals surface area (Å²) in [5.41, 5.74) is 0. The Hall–Kier alpha value is -1.59. The van der Waals surface area contributed by atoms with Gasteiger partial charge in [0, 0.05) is 19.3 Å². The van der Waals surface area contributed by atoms with E-state index < -0.39 is 6.10 Å². The zero-order chi connectivity index (χ0) is 36.8. The van der Waals surface area contributed by atoms with Gasteiger partial charge in [-0.3, -0.25) is 14.4 Å². The lowest BCUT2D eigenvalue weighted by atomic mass is 10.0. The Morgan fingerprint density at radius 3 is 0.980 bits per heavy atom. The number of carbonyl (C=O) groups is 3. The van der Waals surface area contributed by atoms with Crippen molar-refractivity contribution in [2.45, 2.75) is 246 Å². The van der Waals surface area contributed by atoms with Crippen molar-refractivity contribution in [1.29, 1.82) is 0 Å². The van der Waals surface area contributed by atoms with Crippen LogP contribution in [-0.2, 0) is 28.6 Å². The van der Waals surface area contributed by atoms with Gasteiger partial charge in [-0.05, 0) is 25.2 Å². The lowest BCUT2D eigenvalue weighted by Crippen LogP contribution is -2.30. The van der Waals surface area contributed by atoms with E-state index >= 15 is 0 Å². The molecule has 0 amide bonds. The Morgan fingerprint density at radius 2 is 0.660 bits per heavy atom. The summed E-state index contributed by atoms with van der Waals surface area (Å²) in [5, 5.41) is 0. The summed E-state index contributed by atoms with van der Waals surface area (Å²) >= 11 is 0. The average molecular weight is 709 g/mol. The van der Waals surface area contributed by atoms with Crippen LogP contribution in [0.4, 0.5) is 0 Å². The van der Waals surface area contributed by atoms with E-state index in [0.717, 1.165) is 70.1 Å². The normalized spacial score (nSPS) is 11.9. The molecule has 0 bridgehead atoms. The first-order chi connectivity index (χ1) is 24.4. The summed E-state index contributed by atoms with van der Waals surface area (Å²) in [6.07, 6.45) is 36.9. The summed E-state index contributed by atoms with van der Waals surface area (Å²) in [7, 11) is 0. The third kappa shape index (κ3) is 37.7. The first-order valence-corrected chi connectivity index (χ1v) is 21.9. The second kappa shape index (κ2) is 38.6. The molecule has 0 N–H and O–H groups in total. The van der Waals surface area contributed by atoms with Crippen molar-refractivity contribution >= 4 is 17.9 Å². The third-order valence-electron chi connectivity index (χ3n) is 9.79. The lowest BCUT2D eigenvalue weighted by Gasteiger charge is -2.18. The molecule has 0 aromatic rings. The molecule has 1 atom stereocenters. The molecule has 0 spiro atoms. The molecule has 0 unspecified atom stereocenters. The van der Waals surface area contributed by atoms with Gasteiger partial charge in [0.1, 0.15) is 13.2 Å². The average Bonchev–Trinajstić information content (AvgIpc) is 3.09. The maximum absolute atomic E-state index is 12.6. The number of hydrogen-bond acceptors (Lipinski definition) is 6. The van der Waals surface area contributed by atoms with Gasteiger partial charge >= 0.3 is 17.9 Å². The van der Waals surface area contributed by atoms with Crippen molar-refractivity contribution < 1.29 is 28.6 Å². The van der Waals surface area contributed by atoms with E-state index in [-0.39, 0.29) is 31.1 Å². The Labute approximate surface area is 310 Å². The second-order valence-corrected chi connectivity index (χ2v) is 15.5. The number of carbonyl (C=O) groups excluding carboxylic acids is 3. The molecule has 0 aliphatic rings.